The van der Waals surface area contributed by atoms with Crippen LogP contribution in [0.25, 0.3) is 0 Å². The monoisotopic (exact) mass is 241 g/mol. The second kappa shape index (κ2) is 6.24. The molecule has 1 heterocycles. The van der Waals surface area contributed by atoms with E-state index < -0.39 is 0 Å². The Balaban J connectivity index is 2.37. The fourth-order valence-electron chi connectivity index (χ4n) is 1.17. The summed E-state index contributed by atoms with van der Waals surface area (Å²) in [5, 5.41) is 17.8. The summed E-state index contributed by atoms with van der Waals surface area (Å²) >= 11 is 0. The highest BCUT2D eigenvalue weighted by Crippen LogP contribution is 2.13. The Kier molecular flexibility index (Phi) is 4.96. The summed E-state index contributed by atoms with van der Waals surface area (Å²) in [6.07, 6.45) is 0. The van der Waals surface area contributed by atoms with Crippen molar-refractivity contribution in [2.75, 3.05) is 6.61 Å². The first-order chi connectivity index (χ1) is 8.02. The predicted molar refractivity (Wildman–Crippen MR) is 62.5 cm³/mol. The van der Waals surface area contributed by atoms with E-state index >= 15 is 0 Å². The first-order valence-electron chi connectivity index (χ1n) is 5.63. The third-order valence-corrected chi connectivity index (χ3v) is 2.24. The summed E-state index contributed by atoms with van der Waals surface area (Å²) in [7, 11) is 0. The first-order valence-corrected chi connectivity index (χ1v) is 5.63. The van der Waals surface area contributed by atoms with Gasteiger partial charge in [-0.05, 0) is 12.8 Å². The highest BCUT2D eigenvalue weighted by atomic mass is 16.5. The number of aliphatic hydroxyl groups excluding tert-OH is 1. The van der Waals surface area contributed by atoms with Crippen molar-refractivity contribution in [1.29, 1.82) is 0 Å². The van der Waals surface area contributed by atoms with Gasteiger partial charge in [0.05, 0.1) is 24.9 Å². The number of hydrogen-bond acceptors (Lipinski definition) is 4. The van der Waals surface area contributed by atoms with E-state index in [1.54, 1.807) is 6.92 Å². The molecule has 0 fully saturated rings. The van der Waals surface area contributed by atoms with Crippen LogP contribution in [0, 0.1) is 0 Å². The summed E-state index contributed by atoms with van der Waals surface area (Å²) < 4.78 is 5.07. The molecule has 1 rings (SSSR count). The van der Waals surface area contributed by atoms with Gasteiger partial charge in [0.25, 0.3) is 0 Å². The van der Waals surface area contributed by atoms with Crippen LogP contribution in [0.2, 0.25) is 0 Å². The molecule has 0 spiro atoms. The molecular weight excluding hydrogens is 222 g/mol. The number of urea groups is 1. The van der Waals surface area contributed by atoms with Crippen molar-refractivity contribution in [3.8, 4) is 0 Å². The maximum atomic E-state index is 11.3. The van der Waals surface area contributed by atoms with E-state index in [9.17, 15) is 4.79 Å². The summed E-state index contributed by atoms with van der Waals surface area (Å²) in [5.74, 6) is 0.913. The molecule has 0 aromatic carbocycles. The highest BCUT2D eigenvalue weighted by molar-refractivity contribution is 5.74. The van der Waals surface area contributed by atoms with E-state index in [4.69, 9.17) is 9.63 Å². The zero-order chi connectivity index (χ0) is 12.8. The largest absolute Gasteiger partial charge is 0.394 e. The molecule has 6 nitrogen and oxygen atoms in total. The van der Waals surface area contributed by atoms with Crippen LogP contribution in [0.3, 0.4) is 0 Å². The summed E-state index contributed by atoms with van der Waals surface area (Å²) in [5.41, 5.74) is 0.867. The molecule has 0 saturated carbocycles. The van der Waals surface area contributed by atoms with Crippen molar-refractivity contribution >= 4 is 6.03 Å². The van der Waals surface area contributed by atoms with Crippen LogP contribution >= 0.6 is 0 Å². The Morgan fingerprint density at radius 3 is 2.76 bits per heavy atom. The normalized spacial score (nSPS) is 12.5. The summed E-state index contributed by atoms with van der Waals surface area (Å²) in [6.45, 7) is 5.94. The first kappa shape index (κ1) is 13.5. The maximum Gasteiger partial charge on any atom is 0.315 e. The van der Waals surface area contributed by atoms with Crippen molar-refractivity contribution < 1.29 is 14.4 Å². The SMILES string of the molecule is CC(CO)NC(=O)NCc1cc(C(C)C)no1. The zero-order valence-corrected chi connectivity index (χ0v) is 10.4. The topological polar surface area (TPSA) is 87.4 Å². The quantitative estimate of drug-likeness (QED) is 0.717. The number of amides is 2. The summed E-state index contributed by atoms with van der Waals surface area (Å²) in [4.78, 5) is 11.3. The van der Waals surface area contributed by atoms with Gasteiger partial charge in [0.1, 0.15) is 0 Å². The fraction of sp³-hybridized carbons (Fsp3) is 0.636. The van der Waals surface area contributed by atoms with Crippen molar-refractivity contribution in [3.63, 3.8) is 0 Å². The molecule has 0 bridgehead atoms. The van der Waals surface area contributed by atoms with E-state index in [1.165, 1.54) is 0 Å². The van der Waals surface area contributed by atoms with E-state index in [0.717, 1.165) is 5.69 Å². The van der Waals surface area contributed by atoms with Crippen LogP contribution in [0.15, 0.2) is 10.6 Å². The lowest BCUT2D eigenvalue weighted by Gasteiger charge is -2.10. The van der Waals surface area contributed by atoms with Gasteiger partial charge in [-0.1, -0.05) is 19.0 Å². The smallest absolute Gasteiger partial charge is 0.315 e. The van der Waals surface area contributed by atoms with Crippen LogP contribution in [-0.2, 0) is 6.54 Å². The van der Waals surface area contributed by atoms with E-state index in [-0.39, 0.29) is 25.2 Å². The van der Waals surface area contributed by atoms with Gasteiger partial charge >= 0.3 is 6.03 Å². The molecule has 0 saturated heterocycles. The van der Waals surface area contributed by atoms with Crippen LogP contribution < -0.4 is 10.6 Å². The van der Waals surface area contributed by atoms with Gasteiger partial charge < -0.3 is 20.3 Å². The predicted octanol–water partition coefficient (Wildman–Crippen LogP) is 0.978. The molecule has 17 heavy (non-hydrogen) atoms. The molecule has 96 valence electrons. The molecule has 1 aromatic heterocycles. The number of aromatic nitrogens is 1. The Labute approximate surface area is 100 Å². The molecule has 0 aliphatic carbocycles. The minimum Gasteiger partial charge on any atom is -0.394 e. The average molecular weight is 241 g/mol. The number of aliphatic hydroxyl groups is 1. The second-order valence-corrected chi connectivity index (χ2v) is 4.28. The molecule has 1 aromatic rings. The molecular formula is C11H19N3O3. The minimum absolute atomic E-state index is 0.0901. The van der Waals surface area contributed by atoms with Gasteiger partial charge in [0, 0.05) is 6.07 Å². The molecule has 1 unspecified atom stereocenters. The Morgan fingerprint density at radius 2 is 2.24 bits per heavy atom. The van der Waals surface area contributed by atoms with Crippen molar-refractivity contribution in [1.82, 2.24) is 15.8 Å². The molecule has 3 N–H and O–H groups in total. The lowest BCUT2D eigenvalue weighted by Crippen LogP contribution is -2.41. The number of nitrogens with one attached hydrogen (secondary N) is 2. The Bertz CT molecular complexity index is 363. The zero-order valence-electron chi connectivity index (χ0n) is 10.4. The third-order valence-electron chi connectivity index (χ3n) is 2.24. The number of nitrogens with zero attached hydrogens (tertiary/aromatic N) is 1. The van der Waals surface area contributed by atoms with Crippen LogP contribution in [-0.4, -0.2) is 28.9 Å². The Hall–Kier alpha value is -1.56. The van der Waals surface area contributed by atoms with Gasteiger partial charge in [-0.15, -0.1) is 0 Å². The lowest BCUT2D eigenvalue weighted by atomic mass is 10.1. The van der Waals surface area contributed by atoms with Crippen LogP contribution in [0.5, 0.6) is 0 Å². The second-order valence-electron chi connectivity index (χ2n) is 4.28. The van der Waals surface area contributed by atoms with Gasteiger partial charge in [0.2, 0.25) is 0 Å². The number of carbonyl (C=O) groups is 1. The fourth-order valence-corrected chi connectivity index (χ4v) is 1.17. The van der Waals surface area contributed by atoms with Gasteiger partial charge in [0.15, 0.2) is 5.76 Å². The highest BCUT2D eigenvalue weighted by Gasteiger charge is 2.09. The van der Waals surface area contributed by atoms with Crippen molar-refractivity contribution in [2.45, 2.75) is 39.3 Å². The summed E-state index contributed by atoms with van der Waals surface area (Å²) in [6, 6.07) is 1.21. The number of carbonyl (C=O) groups excluding carboxylic acids is 1. The average Bonchev–Trinajstić information content (AvgIpc) is 2.75. The molecule has 0 radical (unpaired) electrons. The van der Waals surface area contributed by atoms with Gasteiger partial charge in [-0.2, -0.15) is 0 Å². The molecule has 6 heteroatoms. The number of rotatable bonds is 5. The van der Waals surface area contributed by atoms with E-state index in [1.807, 2.05) is 19.9 Å². The van der Waals surface area contributed by atoms with Crippen molar-refractivity contribution in [2.24, 2.45) is 0 Å². The van der Waals surface area contributed by atoms with Crippen molar-refractivity contribution in [3.05, 3.63) is 17.5 Å². The standard InChI is InChI=1S/C11H19N3O3/c1-7(2)10-4-9(17-14-10)5-12-11(16)13-8(3)6-15/h4,7-8,15H,5-6H2,1-3H3,(H2,12,13,16). The maximum absolute atomic E-state index is 11.3. The third kappa shape index (κ3) is 4.44. The van der Waals surface area contributed by atoms with Gasteiger partial charge in [-0.3, -0.25) is 0 Å². The van der Waals surface area contributed by atoms with Crippen LogP contribution in [0.1, 0.15) is 38.1 Å². The van der Waals surface area contributed by atoms with Gasteiger partial charge in [-0.25, -0.2) is 4.79 Å². The van der Waals surface area contributed by atoms with Crippen LogP contribution in [0.4, 0.5) is 4.79 Å². The molecule has 2 amide bonds. The van der Waals surface area contributed by atoms with E-state index in [2.05, 4.69) is 15.8 Å². The van der Waals surface area contributed by atoms with E-state index in [0.29, 0.717) is 11.7 Å². The molecule has 0 aliphatic rings. The minimum atomic E-state index is -0.339. The Morgan fingerprint density at radius 1 is 1.53 bits per heavy atom. The molecule has 1 atom stereocenters. The lowest BCUT2D eigenvalue weighted by molar-refractivity contribution is 0.219. The molecule has 0 aliphatic heterocycles. The number of hydrogen-bond donors (Lipinski definition) is 3.